The number of aliphatic hydroxyl groups is 1. The second-order valence-corrected chi connectivity index (χ2v) is 15.1. The summed E-state index contributed by atoms with van der Waals surface area (Å²) in [6, 6.07) is 4.01. The van der Waals surface area contributed by atoms with E-state index in [2.05, 4.69) is 15.6 Å². The van der Waals surface area contributed by atoms with Crippen LogP contribution in [0.4, 0.5) is 0 Å². The Morgan fingerprint density at radius 2 is 1.71 bits per heavy atom. The van der Waals surface area contributed by atoms with Gasteiger partial charge in [0.05, 0.1) is 28.2 Å². The molecule has 5 atom stereocenters. The van der Waals surface area contributed by atoms with Gasteiger partial charge in [0, 0.05) is 18.4 Å². The normalized spacial score (nSPS) is 19.2. The average molecular weight is 644 g/mol. The van der Waals surface area contributed by atoms with E-state index in [1.807, 2.05) is 65.8 Å². The highest BCUT2D eigenvalue weighted by Crippen LogP contribution is 2.30. The van der Waals surface area contributed by atoms with E-state index in [0.717, 1.165) is 16.1 Å². The fourth-order valence-electron chi connectivity index (χ4n) is 4.94. The molecule has 1 aliphatic rings. The molecule has 0 bridgehead atoms. The van der Waals surface area contributed by atoms with Crippen molar-refractivity contribution in [2.24, 2.45) is 22.5 Å². The second kappa shape index (κ2) is 14.4. The van der Waals surface area contributed by atoms with Crippen molar-refractivity contribution in [1.82, 2.24) is 20.5 Å². The van der Waals surface area contributed by atoms with Crippen molar-refractivity contribution < 1.29 is 29.0 Å². The third-order valence-corrected chi connectivity index (χ3v) is 8.93. The fourth-order valence-corrected chi connectivity index (χ4v) is 5.75. The molecule has 11 nitrogen and oxygen atoms in total. The largest absolute Gasteiger partial charge is 0.462 e. The summed E-state index contributed by atoms with van der Waals surface area (Å²) in [4.78, 5) is 60.0. The van der Waals surface area contributed by atoms with Crippen LogP contribution in [0.1, 0.15) is 79.1 Å². The minimum atomic E-state index is -1.00. The molecule has 4 unspecified atom stereocenters. The lowest BCUT2D eigenvalue weighted by atomic mass is 9.84. The van der Waals surface area contributed by atoms with Crippen LogP contribution in [0.3, 0.4) is 0 Å². The molecule has 1 aliphatic heterocycles. The van der Waals surface area contributed by atoms with Gasteiger partial charge in [-0.25, -0.2) is 4.98 Å². The molecule has 3 rings (SSSR count). The van der Waals surface area contributed by atoms with Crippen LogP contribution in [0.15, 0.2) is 29.8 Å². The molecular formula is C33H49N5O6S. The smallest absolute Gasteiger partial charge is 0.323 e. The summed E-state index contributed by atoms with van der Waals surface area (Å²) in [5.74, 6) is -1.98. The molecule has 1 aromatic carbocycles. The van der Waals surface area contributed by atoms with Crippen LogP contribution in [0, 0.1) is 23.7 Å². The van der Waals surface area contributed by atoms with Gasteiger partial charge in [-0.15, -0.1) is 11.3 Å². The minimum Gasteiger partial charge on any atom is -0.462 e. The first kappa shape index (κ1) is 36.1. The van der Waals surface area contributed by atoms with E-state index in [4.69, 9.17) is 10.5 Å². The molecule has 2 heterocycles. The van der Waals surface area contributed by atoms with Gasteiger partial charge in [0.2, 0.25) is 17.7 Å². The Morgan fingerprint density at radius 3 is 2.22 bits per heavy atom. The molecule has 45 heavy (non-hydrogen) atoms. The summed E-state index contributed by atoms with van der Waals surface area (Å²) < 4.78 is 5.56. The van der Waals surface area contributed by atoms with Crippen molar-refractivity contribution in [2.45, 2.75) is 99.0 Å². The number of hydrogen-bond acceptors (Lipinski definition) is 9. The molecule has 2 aromatic rings. The molecule has 0 aliphatic carbocycles. The number of hydrogen-bond donors (Lipinski definition) is 4. The SMILES string of the molecule is Cc1ncsc1-c1ccc(C(COC(=O)[C@@H](N)C(C)C)NC(=O)C2CC(O)CN2C(=O)C(NC(=O)C(C)(C)C)C(C)(C)C)cc1. The van der Waals surface area contributed by atoms with E-state index in [-0.39, 0.29) is 31.4 Å². The number of β-amino-alcohol motifs (C(OH)–C–C–N with tert-alkyl or cyclic N) is 1. The maximum atomic E-state index is 13.9. The van der Waals surface area contributed by atoms with Crippen LogP contribution >= 0.6 is 11.3 Å². The van der Waals surface area contributed by atoms with Gasteiger partial charge in [-0.1, -0.05) is 79.7 Å². The predicted molar refractivity (Wildman–Crippen MR) is 174 cm³/mol. The standard InChI is InChI=1S/C33H49N5O6S/c1-18(2)25(34)30(42)44-16-23(20-10-12-21(13-11-20)26-19(3)35-17-45-26)36-28(40)24-14-22(39)15-38(24)29(41)27(32(4,5)6)37-31(43)33(7,8)9/h10-13,17-18,22-25,27,39H,14-16,34H2,1-9H3,(H,36,40)(H,37,43)/t22?,23?,24?,25-,27?/m0/s1. The Labute approximate surface area is 270 Å². The first-order valence-electron chi connectivity index (χ1n) is 15.3. The lowest BCUT2D eigenvalue weighted by Crippen LogP contribution is -2.59. The lowest BCUT2D eigenvalue weighted by Gasteiger charge is -2.37. The number of aryl methyl sites for hydroxylation is 1. The van der Waals surface area contributed by atoms with E-state index in [0.29, 0.717) is 5.56 Å². The summed E-state index contributed by atoms with van der Waals surface area (Å²) in [5.41, 5.74) is 8.92. The van der Waals surface area contributed by atoms with Crippen LogP contribution in [0.25, 0.3) is 10.4 Å². The number of ether oxygens (including phenoxy) is 1. The van der Waals surface area contributed by atoms with Crippen LogP contribution < -0.4 is 16.4 Å². The molecule has 0 spiro atoms. The number of nitrogens with two attached hydrogens (primary N) is 1. The lowest BCUT2D eigenvalue weighted by molar-refractivity contribution is -0.148. The monoisotopic (exact) mass is 643 g/mol. The number of likely N-dealkylation sites (tertiary alicyclic amines) is 1. The molecular weight excluding hydrogens is 594 g/mol. The Hall–Kier alpha value is -3.35. The zero-order valence-corrected chi connectivity index (χ0v) is 28.7. The Kier molecular flexibility index (Phi) is 11.5. The highest BCUT2D eigenvalue weighted by molar-refractivity contribution is 7.13. The van der Waals surface area contributed by atoms with Crippen LogP contribution in [0.2, 0.25) is 0 Å². The van der Waals surface area contributed by atoms with Gasteiger partial charge in [0.25, 0.3) is 0 Å². The third kappa shape index (κ3) is 9.11. The highest BCUT2D eigenvalue weighted by atomic mass is 32.1. The van der Waals surface area contributed by atoms with Crippen LogP contribution in [-0.4, -0.2) is 76.1 Å². The maximum Gasteiger partial charge on any atom is 0.323 e. The predicted octanol–water partition coefficient (Wildman–Crippen LogP) is 3.34. The third-order valence-electron chi connectivity index (χ3n) is 7.95. The van der Waals surface area contributed by atoms with Crippen molar-refractivity contribution in [1.29, 1.82) is 0 Å². The Balaban J connectivity index is 1.88. The Bertz CT molecular complexity index is 1360. The van der Waals surface area contributed by atoms with E-state index in [1.165, 1.54) is 16.2 Å². The van der Waals surface area contributed by atoms with Gasteiger partial charge < -0.3 is 31.1 Å². The summed E-state index contributed by atoms with van der Waals surface area (Å²) in [6.07, 6.45) is -0.901. The summed E-state index contributed by atoms with van der Waals surface area (Å²) in [7, 11) is 0. The molecule has 0 radical (unpaired) electrons. The molecule has 1 aromatic heterocycles. The number of aliphatic hydroxyl groups excluding tert-OH is 1. The molecule has 248 valence electrons. The topological polar surface area (TPSA) is 164 Å². The van der Waals surface area contributed by atoms with Crippen molar-refractivity contribution in [3.63, 3.8) is 0 Å². The van der Waals surface area contributed by atoms with Gasteiger partial charge in [-0.05, 0) is 29.4 Å². The first-order chi connectivity index (χ1) is 20.8. The molecule has 5 N–H and O–H groups in total. The van der Waals surface area contributed by atoms with Crippen molar-refractivity contribution >= 4 is 35.0 Å². The second-order valence-electron chi connectivity index (χ2n) is 14.3. The maximum absolute atomic E-state index is 13.9. The Morgan fingerprint density at radius 1 is 1.09 bits per heavy atom. The molecule has 1 fully saturated rings. The number of carbonyl (C=O) groups is 4. The number of nitrogens with zero attached hydrogens (tertiary/aromatic N) is 2. The van der Waals surface area contributed by atoms with Gasteiger partial charge in [-0.2, -0.15) is 0 Å². The van der Waals surface area contributed by atoms with Crippen LogP contribution in [0.5, 0.6) is 0 Å². The average Bonchev–Trinajstić information content (AvgIpc) is 3.56. The first-order valence-corrected chi connectivity index (χ1v) is 16.2. The zero-order valence-electron chi connectivity index (χ0n) is 27.8. The van der Waals surface area contributed by atoms with Gasteiger partial charge in [0.15, 0.2) is 0 Å². The van der Waals surface area contributed by atoms with Crippen molar-refractivity contribution in [2.75, 3.05) is 13.2 Å². The number of thiazole rings is 1. The van der Waals surface area contributed by atoms with Gasteiger partial charge >= 0.3 is 5.97 Å². The molecule has 3 amide bonds. The number of amides is 3. The van der Waals surface area contributed by atoms with E-state index in [1.54, 1.807) is 26.3 Å². The fraction of sp³-hybridized carbons (Fsp3) is 0.606. The summed E-state index contributed by atoms with van der Waals surface area (Å²) in [5, 5.41) is 16.4. The van der Waals surface area contributed by atoms with E-state index >= 15 is 0 Å². The van der Waals surface area contributed by atoms with E-state index < -0.39 is 58.9 Å². The number of esters is 1. The van der Waals surface area contributed by atoms with Crippen LogP contribution in [-0.2, 0) is 23.9 Å². The van der Waals surface area contributed by atoms with Gasteiger partial charge in [0.1, 0.15) is 24.7 Å². The molecule has 12 heteroatoms. The number of aromatic nitrogens is 1. The van der Waals surface area contributed by atoms with Crippen molar-refractivity contribution in [3.05, 3.63) is 41.0 Å². The molecule has 0 saturated carbocycles. The summed E-state index contributed by atoms with van der Waals surface area (Å²) >= 11 is 1.52. The minimum absolute atomic E-state index is 0.0238. The zero-order chi connectivity index (χ0) is 33.9. The quantitative estimate of drug-likeness (QED) is 0.287. The number of benzene rings is 1. The summed E-state index contributed by atoms with van der Waals surface area (Å²) in [6.45, 7) is 16.1. The number of rotatable bonds is 10. The molecule has 1 saturated heterocycles. The van der Waals surface area contributed by atoms with E-state index in [9.17, 15) is 24.3 Å². The highest BCUT2D eigenvalue weighted by Gasteiger charge is 2.45. The van der Waals surface area contributed by atoms with Gasteiger partial charge in [-0.3, -0.25) is 19.2 Å². The number of nitrogens with one attached hydrogen (secondary N) is 2. The number of carbonyl (C=O) groups excluding carboxylic acids is 4. The van der Waals surface area contributed by atoms with Crippen molar-refractivity contribution in [3.8, 4) is 10.4 Å².